The van der Waals surface area contributed by atoms with Gasteiger partial charge in [0.1, 0.15) is 5.92 Å². The third kappa shape index (κ3) is 2.03. The molecule has 2 aliphatic rings. The average molecular weight is 288 g/mol. The van der Waals surface area contributed by atoms with Gasteiger partial charge in [0.15, 0.2) is 0 Å². The number of carbonyl (C=O) groups is 2. The molecule has 1 amide bonds. The second-order valence-electron chi connectivity index (χ2n) is 6.28. The number of nitrogens with zero attached hydrogens (tertiary/aromatic N) is 1. The number of benzene rings is 1. The summed E-state index contributed by atoms with van der Waals surface area (Å²) in [4.78, 5) is 26.0. The summed E-state index contributed by atoms with van der Waals surface area (Å²) >= 11 is 0. The van der Waals surface area contributed by atoms with Crippen molar-refractivity contribution in [3.8, 4) is 0 Å². The molecule has 1 aromatic rings. The van der Waals surface area contributed by atoms with E-state index in [4.69, 9.17) is 5.73 Å². The molecule has 0 radical (unpaired) electrons. The molecule has 3 atom stereocenters. The van der Waals surface area contributed by atoms with Crippen LogP contribution in [-0.2, 0) is 9.59 Å². The fourth-order valence-electron chi connectivity index (χ4n) is 3.58. The number of anilines is 1. The molecule has 5 heteroatoms. The van der Waals surface area contributed by atoms with E-state index in [-0.39, 0.29) is 18.5 Å². The zero-order chi connectivity index (χ0) is 15.2. The van der Waals surface area contributed by atoms with Crippen LogP contribution < -0.4 is 10.6 Å². The molecule has 0 bridgehead atoms. The van der Waals surface area contributed by atoms with E-state index in [2.05, 4.69) is 0 Å². The van der Waals surface area contributed by atoms with Gasteiger partial charge in [-0.2, -0.15) is 0 Å². The van der Waals surface area contributed by atoms with Crippen LogP contribution in [0.15, 0.2) is 24.3 Å². The average Bonchev–Trinajstić information content (AvgIpc) is 3.00. The summed E-state index contributed by atoms with van der Waals surface area (Å²) in [5.41, 5.74) is 6.98. The molecule has 5 nitrogen and oxygen atoms in total. The lowest BCUT2D eigenvalue weighted by Crippen LogP contribution is -2.49. The number of carboxylic acids is 1. The van der Waals surface area contributed by atoms with Gasteiger partial charge in [0, 0.05) is 18.3 Å². The number of carbonyl (C=O) groups excluding carboxylic acids is 1. The zero-order valence-electron chi connectivity index (χ0n) is 12.1. The Hall–Kier alpha value is -1.88. The molecule has 0 aromatic heterocycles. The fourth-order valence-corrected chi connectivity index (χ4v) is 3.58. The van der Waals surface area contributed by atoms with E-state index >= 15 is 0 Å². The first-order valence-corrected chi connectivity index (χ1v) is 7.34. The summed E-state index contributed by atoms with van der Waals surface area (Å²) in [6.07, 6.45) is 2.56. The van der Waals surface area contributed by atoms with Gasteiger partial charge >= 0.3 is 5.97 Å². The van der Waals surface area contributed by atoms with Gasteiger partial charge in [0.25, 0.3) is 0 Å². The van der Waals surface area contributed by atoms with Crippen molar-refractivity contribution in [1.82, 2.24) is 0 Å². The maximum absolute atomic E-state index is 13.0. The van der Waals surface area contributed by atoms with E-state index in [0.717, 1.165) is 24.9 Å². The number of para-hydroxylation sites is 1. The van der Waals surface area contributed by atoms with E-state index in [9.17, 15) is 14.7 Å². The van der Waals surface area contributed by atoms with Crippen molar-refractivity contribution in [1.29, 1.82) is 0 Å². The molecule has 1 aliphatic heterocycles. The van der Waals surface area contributed by atoms with Gasteiger partial charge in [-0.3, -0.25) is 9.59 Å². The van der Waals surface area contributed by atoms with Gasteiger partial charge < -0.3 is 15.7 Å². The summed E-state index contributed by atoms with van der Waals surface area (Å²) in [6.45, 7) is 2.11. The first-order chi connectivity index (χ1) is 9.95. The Morgan fingerprint density at radius 1 is 1.38 bits per heavy atom. The first-order valence-electron chi connectivity index (χ1n) is 7.34. The highest BCUT2D eigenvalue weighted by Gasteiger charge is 2.48. The minimum Gasteiger partial charge on any atom is -0.481 e. The molecule has 1 aliphatic carbocycles. The number of rotatable bonds is 2. The Kier molecular flexibility index (Phi) is 3.24. The lowest BCUT2D eigenvalue weighted by atomic mass is 9.83. The zero-order valence-corrected chi connectivity index (χ0v) is 12.1. The van der Waals surface area contributed by atoms with Gasteiger partial charge in [0.05, 0.1) is 5.41 Å². The Bertz CT molecular complexity index is 601. The van der Waals surface area contributed by atoms with E-state index in [1.54, 1.807) is 11.0 Å². The highest BCUT2D eigenvalue weighted by atomic mass is 16.4. The molecule has 1 saturated carbocycles. The van der Waals surface area contributed by atoms with Gasteiger partial charge in [0.2, 0.25) is 5.91 Å². The number of hydrogen-bond donors (Lipinski definition) is 2. The quantitative estimate of drug-likeness (QED) is 0.868. The summed E-state index contributed by atoms with van der Waals surface area (Å²) in [7, 11) is 0. The van der Waals surface area contributed by atoms with Crippen LogP contribution in [0.2, 0.25) is 0 Å². The SMILES string of the molecule is CC1(C(=O)N2CC(C(=O)O)c3ccccc32)CCCC1N. The monoisotopic (exact) mass is 288 g/mol. The molecule has 1 heterocycles. The standard InChI is InChI=1S/C16H20N2O3/c1-16(8-4-7-13(16)17)15(21)18-9-11(14(19)20)10-5-2-3-6-12(10)18/h2-3,5-6,11,13H,4,7-9,17H2,1H3,(H,19,20). The van der Waals surface area contributed by atoms with Crippen molar-refractivity contribution in [3.63, 3.8) is 0 Å². The van der Waals surface area contributed by atoms with Crippen LogP contribution in [-0.4, -0.2) is 29.6 Å². The lowest BCUT2D eigenvalue weighted by molar-refractivity contribution is -0.138. The molecule has 1 fully saturated rings. The largest absolute Gasteiger partial charge is 0.481 e. The minimum atomic E-state index is -0.890. The number of nitrogens with two attached hydrogens (primary N) is 1. The van der Waals surface area contributed by atoms with Gasteiger partial charge in [-0.05, 0) is 31.4 Å². The molecular weight excluding hydrogens is 268 g/mol. The third-order valence-corrected chi connectivity index (χ3v) is 5.03. The Morgan fingerprint density at radius 3 is 2.71 bits per heavy atom. The van der Waals surface area contributed by atoms with Gasteiger partial charge in [-0.1, -0.05) is 24.6 Å². The first kappa shape index (κ1) is 14.1. The normalized spacial score (nSPS) is 31.2. The molecule has 0 spiro atoms. The molecule has 0 saturated heterocycles. The van der Waals surface area contributed by atoms with Crippen LogP contribution in [0, 0.1) is 5.41 Å². The molecule has 1 aromatic carbocycles. The van der Waals surface area contributed by atoms with Crippen LogP contribution in [0.5, 0.6) is 0 Å². The Morgan fingerprint density at radius 2 is 2.10 bits per heavy atom. The van der Waals surface area contributed by atoms with Crippen LogP contribution in [0.3, 0.4) is 0 Å². The summed E-state index contributed by atoms with van der Waals surface area (Å²) in [6, 6.07) is 7.10. The molecule has 21 heavy (non-hydrogen) atoms. The summed E-state index contributed by atoms with van der Waals surface area (Å²) < 4.78 is 0. The highest BCUT2D eigenvalue weighted by molar-refractivity contribution is 6.02. The van der Waals surface area contributed by atoms with Crippen molar-refractivity contribution >= 4 is 17.6 Å². The number of carboxylic acid groups (broad SMARTS) is 1. The van der Waals surface area contributed by atoms with Crippen molar-refractivity contribution in [2.45, 2.75) is 38.1 Å². The van der Waals surface area contributed by atoms with Crippen LogP contribution in [0.4, 0.5) is 5.69 Å². The fraction of sp³-hybridized carbons (Fsp3) is 0.500. The lowest BCUT2D eigenvalue weighted by Gasteiger charge is -2.32. The van der Waals surface area contributed by atoms with E-state index < -0.39 is 17.3 Å². The van der Waals surface area contributed by atoms with Crippen molar-refractivity contribution in [3.05, 3.63) is 29.8 Å². The van der Waals surface area contributed by atoms with Crippen molar-refractivity contribution in [2.75, 3.05) is 11.4 Å². The molecule has 3 N–H and O–H groups in total. The predicted molar refractivity (Wildman–Crippen MR) is 79.1 cm³/mol. The van der Waals surface area contributed by atoms with Crippen LogP contribution >= 0.6 is 0 Å². The van der Waals surface area contributed by atoms with Crippen molar-refractivity contribution < 1.29 is 14.7 Å². The second-order valence-corrected chi connectivity index (χ2v) is 6.28. The van der Waals surface area contributed by atoms with Crippen molar-refractivity contribution in [2.24, 2.45) is 11.1 Å². The minimum absolute atomic E-state index is 0.0382. The number of fused-ring (bicyclic) bond motifs is 1. The Labute approximate surface area is 123 Å². The molecule has 112 valence electrons. The van der Waals surface area contributed by atoms with E-state index in [0.29, 0.717) is 5.56 Å². The highest BCUT2D eigenvalue weighted by Crippen LogP contribution is 2.43. The summed E-state index contributed by atoms with van der Waals surface area (Å²) in [5, 5.41) is 9.38. The predicted octanol–water partition coefficient (Wildman–Crippen LogP) is 1.72. The number of aliphatic carboxylic acids is 1. The number of hydrogen-bond acceptors (Lipinski definition) is 3. The Balaban J connectivity index is 1.97. The third-order valence-electron chi connectivity index (χ3n) is 5.03. The van der Waals surface area contributed by atoms with E-state index in [1.807, 2.05) is 25.1 Å². The van der Waals surface area contributed by atoms with Gasteiger partial charge in [-0.15, -0.1) is 0 Å². The second kappa shape index (κ2) is 4.84. The maximum atomic E-state index is 13.0. The smallest absolute Gasteiger partial charge is 0.312 e. The van der Waals surface area contributed by atoms with Crippen LogP contribution in [0.25, 0.3) is 0 Å². The molecule has 3 rings (SSSR count). The van der Waals surface area contributed by atoms with Gasteiger partial charge in [-0.25, -0.2) is 0 Å². The van der Waals surface area contributed by atoms with Crippen LogP contribution in [0.1, 0.15) is 37.7 Å². The maximum Gasteiger partial charge on any atom is 0.312 e. The molecule has 3 unspecified atom stereocenters. The molecular formula is C16H20N2O3. The van der Waals surface area contributed by atoms with E-state index in [1.165, 1.54) is 0 Å². The topological polar surface area (TPSA) is 83.6 Å². The summed E-state index contributed by atoms with van der Waals surface area (Å²) in [5.74, 6) is -1.58. The number of amides is 1.